The molecule has 3 heteroatoms. The lowest BCUT2D eigenvalue weighted by atomic mass is 10.0. The number of aliphatic imine (C=N–C) groups is 1. The van der Waals surface area contributed by atoms with E-state index in [1.807, 2.05) is 54.7 Å². The molecular weight excluding hydrogens is 236 g/mol. The number of fused-ring (bicyclic) bond motifs is 2. The molecule has 4 rings (SSSR count). The molecule has 2 aromatic carbocycles. The molecule has 3 aromatic rings. The first-order valence-electron chi connectivity index (χ1n) is 6.13. The van der Waals surface area contributed by atoms with E-state index in [1.54, 1.807) is 0 Å². The average Bonchev–Trinajstić information content (AvgIpc) is 3.01. The number of ketones is 1. The Kier molecular flexibility index (Phi) is 1.97. The molecule has 90 valence electrons. The smallest absolute Gasteiger partial charge is 0.214 e. The van der Waals surface area contributed by atoms with Gasteiger partial charge in [-0.3, -0.25) is 4.79 Å². The average molecular weight is 246 g/mol. The summed E-state index contributed by atoms with van der Waals surface area (Å²) in [5.41, 5.74) is 3.86. The summed E-state index contributed by atoms with van der Waals surface area (Å²) in [6.45, 7) is 0. The number of hydrogen-bond acceptors (Lipinski definition) is 2. The van der Waals surface area contributed by atoms with Gasteiger partial charge in [0, 0.05) is 28.2 Å². The monoisotopic (exact) mass is 246 g/mol. The van der Waals surface area contributed by atoms with E-state index in [9.17, 15) is 4.79 Å². The lowest BCUT2D eigenvalue weighted by Gasteiger charge is -1.97. The number of carbonyl (C=O) groups excluding carboxylic acids is 1. The Hall–Kier alpha value is -2.68. The van der Waals surface area contributed by atoms with Crippen LogP contribution in [-0.2, 0) is 0 Å². The van der Waals surface area contributed by atoms with E-state index in [0.29, 0.717) is 11.3 Å². The molecule has 2 heterocycles. The molecule has 19 heavy (non-hydrogen) atoms. The van der Waals surface area contributed by atoms with Gasteiger partial charge in [0.1, 0.15) is 5.71 Å². The van der Waals surface area contributed by atoms with Crippen molar-refractivity contribution in [3.63, 3.8) is 0 Å². The van der Waals surface area contributed by atoms with Crippen molar-refractivity contribution in [1.82, 2.24) is 4.98 Å². The minimum Gasteiger partial charge on any atom is -0.360 e. The number of aromatic nitrogens is 1. The van der Waals surface area contributed by atoms with E-state index in [1.165, 1.54) is 0 Å². The maximum Gasteiger partial charge on any atom is 0.214 e. The predicted molar refractivity (Wildman–Crippen MR) is 75.3 cm³/mol. The van der Waals surface area contributed by atoms with Crippen LogP contribution in [0, 0.1) is 0 Å². The number of hydrogen-bond donors (Lipinski definition) is 1. The molecule has 0 bridgehead atoms. The van der Waals surface area contributed by atoms with E-state index < -0.39 is 0 Å². The van der Waals surface area contributed by atoms with Gasteiger partial charge in [0.05, 0.1) is 5.69 Å². The van der Waals surface area contributed by atoms with Crippen LogP contribution in [0.2, 0.25) is 0 Å². The molecule has 0 fully saturated rings. The first-order valence-corrected chi connectivity index (χ1v) is 6.13. The van der Waals surface area contributed by atoms with Crippen molar-refractivity contribution in [2.75, 3.05) is 0 Å². The highest BCUT2D eigenvalue weighted by Gasteiger charge is 2.26. The lowest BCUT2D eigenvalue weighted by molar-refractivity contribution is 0.107. The summed E-state index contributed by atoms with van der Waals surface area (Å²) >= 11 is 0. The quantitative estimate of drug-likeness (QED) is 0.702. The third kappa shape index (κ3) is 1.38. The maximum atomic E-state index is 12.4. The van der Waals surface area contributed by atoms with E-state index in [4.69, 9.17) is 0 Å². The van der Waals surface area contributed by atoms with Crippen LogP contribution >= 0.6 is 0 Å². The molecule has 0 saturated carbocycles. The van der Waals surface area contributed by atoms with Crippen molar-refractivity contribution in [3.05, 3.63) is 65.9 Å². The molecule has 0 radical (unpaired) electrons. The highest BCUT2D eigenvalue weighted by atomic mass is 16.1. The number of rotatable bonds is 1. The number of para-hydroxylation sites is 2. The van der Waals surface area contributed by atoms with Gasteiger partial charge in [0.25, 0.3) is 0 Å². The Balaban J connectivity index is 1.94. The number of carbonyl (C=O) groups is 1. The Morgan fingerprint density at radius 2 is 1.68 bits per heavy atom. The van der Waals surface area contributed by atoms with Gasteiger partial charge >= 0.3 is 0 Å². The van der Waals surface area contributed by atoms with Crippen LogP contribution < -0.4 is 0 Å². The van der Waals surface area contributed by atoms with Gasteiger partial charge in [0.2, 0.25) is 5.78 Å². The van der Waals surface area contributed by atoms with Gasteiger partial charge in [-0.25, -0.2) is 4.99 Å². The Morgan fingerprint density at radius 3 is 2.58 bits per heavy atom. The summed E-state index contributed by atoms with van der Waals surface area (Å²) < 4.78 is 0. The normalized spacial score (nSPS) is 13.7. The fourth-order valence-corrected chi connectivity index (χ4v) is 2.51. The van der Waals surface area contributed by atoms with Crippen molar-refractivity contribution < 1.29 is 4.79 Å². The standard InChI is InChI=1S/C16H10N2O/c19-16-11-6-2-4-8-14(11)18-15(16)12-9-17-13-7-3-1-5-10(12)13/h1-9,17H. The van der Waals surface area contributed by atoms with Gasteiger partial charge in [0.15, 0.2) is 0 Å². The van der Waals surface area contributed by atoms with Crippen molar-refractivity contribution >= 4 is 28.1 Å². The molecule has 0 spiro atoms. The third-order valence-electron chi connectivity index (χ3n) is 3.44. The molecule has 0 unspecified atom stereocenters. The van der Waals surface area contributed by atoms with Gasteiger partial charge in [-0.1, -0.05) is 30.3 Å². The molecule has 1 aliphatic heterocycles. The largest absolute Gasteiger partial charge is 0.360 e. The van der Waals surface area contributed by atoms with E-state index in [-0.39, 0.29) is 5.78 Å². The fourth-order valence-electron chi connectivity index (χ4n) is 2.51. The van der Waals surface area contributed by atoms with Crippen LogP contribution in [0.5, 0.6) is 0 Å². The molecule has 1 aliphatic rings. The van der Waals surface area contributed by atoms with Crippen LogP contribution in [-0.4, -0.2) is 16.5 Å². The predicted octanol–water partition coefficient (Wildman–Crippen LogP) is 3.49. The van der Waals surface area contributed by atoms with E-state index in [2.05, 4.69) is 9.98 Å². The first-order chi connectivity index (χ1) is 9.34. The summed E-state index contributed by atoms with van der Waals surface area (Å²) in [5.74, 6) is 0.000327. The Labute approximate surface area is 109 Å². The van der Waals surface area contributed by atoms with Crippen molar-refractivity contribution in [2.45, 2.75) is 0 Å². The van der Waals surface area contributed by atoms with Crippen LogP contribution in [0.1, 0.15) is 15.9 Å². The van der Waals surface area contributed by atoms with Crippen LogP contribution in [0.3, 0.4) is 0 Å². The van der Waals surface area contributed by atoms with E-state index >= 15 is 0 Å². The van der Waals surface area contributed by atoms with Crippen LogP contribution in [0.25, 0.3) is 10.9 Å². The second kappa shape index (κ2) is 3.65. The maximum absolute atomic E-state index is 12.4. The molecule has 1 aromatic heterocycles. The van der Waals surface area contributed by atoms with Crippen molar-refractivity contribution in [3.8, 4) is 0 Å². The zero-order valence-electron chi connectivity index (χ0n) is 10.1. The topological polar surface area (TPSA) is 45.2 Å². The van der Waals surface area contributed by atoms with Gasteiger partial charge in [-0.2, -0.15) is 0 Å². The summed E-state index contributed by atoms with van der Waals surface area (Å²) in [4.78, 5) is 20.0. The minimum absolute atomic E-state index is 0.000327. The van der Waals surface area contributed by atoms with Gasteiger partial charge in [-0.15, -0.1) is 0 Å². The summed E-state index contributed by atoms with van der Waals surface area (Å²) in [7, 11) is 0. The highest BCUT2D eigenvalue weighted by Crippen LogP contribution is 2.30. The zero-order valence-corrected chi connectivity index (χ0v) is 10.1. The molecule has 0 amide bonds. The summed E-state index contributed by atoms with van der Waals surface area (Å²) in [6.07, 6.45) is 1.85. The molecule has 0 atom stereocenters. The zero-order chi connectivity index (χ0) is 12.8. The van der Waals surface area contributed by atoms with Gasteiger partial charge < -0.3 is 4.98 Å². The Morgan fingerprint density at radius 1 is 0.895 bits per heavy atom. The first kappa shape index (κ1) is 10.3. The second-order valence-electron chi connectivity index (χ2n) is 4.55. The fraction of sp³-hybridized carbons (Fsp3) is 0. The highest BCUT2D eigenvalue weighted by molar-refractivity contribution is 6.56. The summed E-state index contributed by atoms with van der Waals surface area (Å²) in [6, 6.07) is 15.4. The number of benzene rings is 2. The lowest BCUT2D eigenvalue weighted by Crippen LogP contribution is -2.10. The van der Waals surface area contributed by atoms with Crippen LogP contribution in [0.4, 0.5) is 5.69 Å². The molecule has 0 saturated heterocycles. The number of aromatic amines is 1. The second-order valence-corrected chi connectivity index (χ2v) is 4.55. The van der Waals surface area contributed by atoms with Crippen molar-refractivity contribution in [2.24, 2.45) is 4.99 Å². The minimum atomic E-state index is 0.000327. The number of nitrogens with one attached hydrogen (secondary N) is 1. The van der Waals surface area contributed by atoms with E-state index in [0.717, 1.165) is 22.2 Å². The summed E-state index contributed by atoms with van der Waals surface area (Å²) in [5, 5.41) is 1.03. The SMILES string of the molecule is O=C1C(c2c[nH]c3ccccc23)=Nc2ccccc21. The molecule has 1 N–H and O–H groups in total. The number of nitrogens with zero attached hydrogens (tertiary/aromatic N) is 1. The molecular formula is C16H10N2O. The molecule has 0 aliphatic carbocycles. The van der Waals surface area contributed by atoms with Gasteiger partial charge in [-0.05, 0) is 18.2 Å². The number of Topliss-reactive ketones (excluding diaryl/α,β-unsaturated/α-hetero) is 1. The van der Waals surface area contributed by atoms with Crippen molar-refractivity contribution in [1.29, 1.82) is 0 Å². The third-order valence-corrected chi connectivity index (χ3v) is 3.44. The Bertz CT molecular complexity index is 843. The van der Waals surface area contributed by atoms with Crippen LogP contribution in [0.15, 0.2) is 59.7 Å². The molecule has 3 nitrogen and oxygen atoms in total. The number of H-pyrrole nitrogens is 1.